The molecule has 3 N–H and O–H groups in total. The van der Waals surface area contributed by atoms with Crippen LogP contribution < -0.4 is 5.32 Å². The predicted molar refractivity (Wildman–Crippen MR) is 85.9 cm³/mol. The Kier molecular flexibility index (Phi) is 5.88. The van der Waals surface area contributed by atoms with Gasteiger partial charge in [0.2, 0.25) is 5.91 Å². The summed E-state index contributed by atoms with van der Waals surface area (Å²) < 4.78 is 0. The minimum atomic E-state index is -1.28. The van der Waals surface area contributed by atoms with Gasteiger partial charge in [-0.25, -0.2) is 4.79 Å². The van der Waals surface area contributed by atoms with Gasteiger partial charge in [-0.2, -0.15) is 0 Å². The molecule has 0 saturated carbocycles. The van der Waals surface area contributed by atoms with E-state index in [0.717, 1.165) is 11.1 Å². The highest BCUT2D eigenvalue weighted by atomic mass is 16.4. The Morgan fingerprint density at radius 1 is 0.870 bits per heavy atom. The maximum Gasteiger partial charge on any atom is 0.326 e. The summed E-state index contributed by atoms with van der Waals surface area (Å²) in [5.41, 5.74) is 1.61. The summed E-state index contributed by atoms with van der Waals surface area (Å²) >= 11 is 0. The van der Waals surface area contributed by atoms with E-state index in [9.17, 15) is 19.8 Å². The predicted octanol–water partition coefficient (Wildman–Crippen LogP) is 1.40. The Balaban J connectivity index is 1.96. The number of amides is 1. The molecule has 2 aromatic carbocycles. The van der Waals surface area contributed by atoms with Crippen molar-refractivity contribution >= 4 is 11.9 Å². The molecule has 0 spiro atoms. The standard InChI is InChI=1S/C18H19NO4/c20-16(12-14-9-5-2-6-10-14)17(21)19-15(18(22)23)11-13-7-3-1-4-8-13/h1-10,15-16,20H,11-12H2,(H,19,21)(H,22,23)/t15-,16-/m0/s1. The molecule has 0 aliphatic carbocycles. The summed E-state index contributed by atoms with van der Waals surface area (Å²) in [5.74, 6) is -1.81. The molecule has 2 atom stereocenters. The van der Waals surface area contributed by atoms with Gasteiger partial charge in [-0.15, -0.1) is 0 Å². The van der Waals surface area contributed by atoms with Gasteiger partial charge < -0.3 is 15.5 Å². The first kappa shape index (κ1) is 16.7. The van der Waals surface area contributed by atoms with Crippen molar-refractivity contribution < 1.29 is 19.8 Å². The molecule has 0 bridgehead atoms. The fourth-order valence-corrected chi connectivity index (χ4v) is 2.25. The lowest BCUT2D eigenvalue weighted by atomic mass is 10.0. The van der Waals surface area contributed by atoms with Crippen molar-refractivity contribution in [3.63, 3.8) is 0 Å². The van der Waals surface area contributed by atoms with E-state index in [0.29, 0.717) is 0 Å². The molecule has 5 nitrogen and oxygen atoms in total. The van der Waals surface area contributed by atoms with Crippen molar-refractivity contribution in [1.29, 1.82) is 0 Å². The van der Waals surface area contributed by atoms with Gasteiger partial charge in [-0.3, -0.25) is 4.79 Å². The van der Waals surface area contributed by atoms with Crippen LogP contribution in [0.4, 0.5) is 0 Å². The molecule has 1 amide bonds. The van der Waals surface area contributed by atoms with E-state index < -0.39 is 24.0 Å². The molecule has 23 heavy (non-hydrogen) atoms. The van der Waals surface area contributed by atoms with E-state index >= 15 is 0 Å². The number of hydrogen-bond donors (Lipinski definition) is 3. The average molecular weight is 313 g/mol. The smallest absolute Gasteiger partial charge is 0.326 e. The number of carbonyl (C=O) groups excluding carboxylic acids is 1. The topological polar surface area (TPSA) is 86.6 Å². The summed E-state index contributed by atoms with van der Waals surface area (Å²) in [6.45, 7) is 0. The van der Waals surface area contributed by atoms with Crippen molar-refractivity contribution in [2.45, 2.75) is 25.0 Å². The number of carbonyl (C=O) groups is 2. The second-order valence-electron chi connectivity index (χ2n) is 5.29. The molecule has 120 valence electrons. The van der Waals surface area contributed by atoms with Crippen LogP contribution in [0.15, 0.2) is 60.7 Å². The van der Waals surface area contributed by atoms with Gasteiger partial charge in [0.25, 0.3) is 0 Å². The molecule has 0 radical (unpaired) electrons. The van der Waals surface area contributed by atoms with E-state index in [1.807, 2.05) is 24.3 Å². The lowest BCUT2D eigenvalue weighted by molar-refractivity contribution is -0.143. The van der Waals surface area contributed by atoms with Crippen molar-refractivity contribution in [2.24, 2.45) is 0 Å². The molecule has 0 heterocycles. The third-order valence-electron chi connectivity index (χ3n) is 3.47. The Morgan fingerprint density at radius 3 is 1.83 bits per heavy atom. The van der Waals surface area contributed by atoms with Gasteiger partial charge >= 0.3 is 5.97 Å². The Hall–Kier alpha value is -2.66. The molecule has 0 saturated heterocycles. The van der Waals surface area contributed by atoms with Crippen LogP contribution in [-0.2, 0) is 22.4 Å². The Morgan fingerprint density at radius 2 is 1.35 bits per heavy atom. The quantitative estimate of drug-likeness (QED) is 0.721. The second kappa shape index (κ2) is 8.10. The number of aliphatic carboxylic acids is 1. The average Bonchev–Trinajstić information content (AvgIpc) is 2.56. The number of aliphatic hydroxyl groups is 1. The van der Waals surface area contributed by atoms with Crippen LogP contribution in [0, 0.1) is 0 Å². The van der Waals surface area contributed by atoms with E-state index in [1.54, 1.807) is 36.4 Å². The normalized spacial score (nSPS) is 13.1. The van der Waals surface area contributed by atoms with Crippen LogP contribution in [0.25, 0.3) is 0 Å². The number of benzene rings is 2. The Bertz CT molecular complexity index is 643. The van der Waals surface area contributed by atoms with Gasteiger partial charge in [0.15, 0.2) is 0 Å². The van der Waals surface area contributed by atoms with Crippen LogP contribution in [-0.4, -0.2) is 34.2 Å². The number of carboxylic acid groups (broad SMARTS) is 1. The van der Waals surface area contributed by atoms with E-state index in [2.05, 4.69) is 5.32 Å². The van der Waals surface area contributed by atoms with Crippen molar-refractivity contribution in [3.05, 3.63) is 71.8 Å². The minimum absolute atomic E-state index is 0.143. The molecule has 5 heteroatoms. The first-order valence-electron chi connectivity index (χ1n) is 7.35. The highest BCUT2D eigenvalue weighted by molar-refractivity contribution is 5.86. The zero-order valence-electron chi connectivity index (χ0n) is 12.6. The summed E-state index contributed by atoms with van der Waals surface area (Å²) in [6, 6.07) is 17.0. The third-order valence-corrected chi connectivity index (χ3v) is 3.47. The number of hydrogen-bond acceptors (Lipinski definition) is 3. The van der Waals surface area contributed by atoms with Crippen LogP contribution in [0.2, 0.25) is 0 Å². The summed E-state index contributed by atoms with van der Waals surface area (Å²) in [7, 11) is 0. The SMILES string of the molecule is O=C(O)[C@H](Cc1ccccc1)NC(=O)[C@@H](O)Cc1ccccc1. The van der Waals surface area contributed by atoms with Gasteiger partial charge in [-0.1, -0.05) is 60.7 Å². The summed E-state index contributed by atoms with van der Waals surface area (Å²) in [5, 5.41) is 21.6. The van der Waals surface area contributed by atoms with E-state index in [-0.39, 0.29) is 12.8 Å². The largest absolute Gasteiger partial charge is 0.480 e. The second-order valence-corrected chi connectivity index (χ2v) is 5.29. The van der Waals surface area contributed by atoms with Crippen molar-refractivity contribution in [1.82, 2.24) is 5.32 Å². The maximum atomic E-state index is 12.0. The molecule has 0 aromatic heterocycles. The minimum Gasteiger partial charge on any atom is -0.480 e. The van der Waals surface area contributed by atoms with E-state index in [4.69, 9.17) is 0 Å². The van der Waals surface area contributed by atoms with Crippen LogP contribution in [0.1, 0.15) is 11.1 Å². The number of nitrogens with one attached hydrogen (secondary N) is 1. The van der Waals surface area contributed by atoms with Gasteiger partial charge in [0.05, 0.1) is 0 Å². The van der Waals surface area contributed by atoms with Gasteiger partial charge in [-0.05, 0) is 11.1 Å². The summed E-state index contributed by atoms with van der Waals surface area (Å²) in [6.07, 6.45) is -0.973. The lowest BCUT2D eigenvalue weighted by Gasteiger charge is -2.17. The first-order valence-corrected chi connectivity index (χ1v) is 7.35. The van der Waals surface area contributed by atoms with Crippen LogP contribution in [0.5, 0.6) is 0 Å². The number of carboxylic acids is 1. The number of rotatable bonds is 7. The fraction of sp³-hybridized carbons (Fsp3) is 0.222. The molecule has 0 aliphatic rings. The molecule has 0 fully saturated rings. The van der Waals surface area contributed by atoms with Crippen molar-refractivity contribution in [3.8, 4) is 0 Å². The van der Waals surface area contributed by atoms with Gasteiger partial charge in [0.1, 0.15) is 12.1 Å². The lowest BCUT2D eigenvalue weighted by Crippen LogP contribution is -2.47. The molecule has 0 aliphatic heterocycles. The highest BCUT2D eigenvalue weighted by Crippen LogP contribution is 2.06. The van der Waals surface area contributed by atoms with Crippen LogP contribution >= 0.6 is 0 Å². The molecular weight excluding hydrogens is 294 g/mol. The van der Waals surface area contributed by atoms with Gasteiger partial charge in [0, 0.05) is 12.8 Å². The third kappa shape index (κ3) is 5.23. The zero-order chi connectivity index (χ0) is 16.7. The monoisotopic (exact) mass is 313 g/mol. The highest BCUT2D eigenvalue weighted by Gasteiger charge is 2.24. The number of aliphatic hydroxyl groups excluding tert-OH is 1. The Labute approximate surface area is 134 Å². The van der Waals surface area contributed by atoms with Crippen LogP contribution in [0.3, 0.4) is 0 Å². The maximum absolute atomic E-state index is 12.0. The fourth-order valence-electron chi connectivity index (χ4n) is 2.25. The molecule has 0 unspecified atom stereocenters. The van der Waals surface area contributed by atoms with Crippen molar-refractivity contribution in [2.75, 3.05) is 0 Å². The summed E-state index contributed by atoms with van der Waals surface area (Å²) in [4.78, 5) is 23.4. The molecule has 2 rings (SSSR count). The molecule has 2 aromatic rings. The molecular formula is C18H19NO4. The zero-order valence-corrected chi connectivity index (χ0v) is 12.6. The first-order chi connectivity index (χ1) is 11.1. The van der Waals surface area contributed by atoms with E-state index in [1.165, 1.54) is 0 Å².